The molecule has 0 saturated heterocycles. The van der Waals surface area contributed by atoms with Gasteiger partial charge in [0.05, 0.1) is 32.7 Å². The molecule has 0 aromatic heterocycles. The highest BCUT2D eigenvalue weighted by molar-refractivity contribution is 8.14. The molecule has 3 N–H and O–H groups in total. The Labute approximate surface area is 238 Å². The van der Waals surface area contributed by atoms with E-state index in [1.807, 2.05) is 68.4 Å². The Hall–Kier alpha value is -4.44. The first-order valence-electron chi connectivity index (χ1n) is 12.5. The lowest BCUT2D eigenvalue weighted by molar-refractivity contribution is -0.114. The summed E-state index contributed by atoms with van der Waals surface area (Å²) in [6.07, 6.45) is 0. The number of anilines is 2. The molecule has 1 aliphatic rings. The van der Waals surface area contributed by atoms with Crippen LogP contribution in [0.1, 0.15) is 24.1 Å². The lowest BCUT2D eigenvalue weighted by Gasteiger charge is -2.27. The third-order valence-corrected chi connectivity index (χ3v) is 7.06. The van der Waals surface area contributed by atoms with Crippen LogP contribution in [0.25, 0.3) is 0 Å². The molecule has 1 atom stereocenters. The quantitative estimate of drug-likeness (QED) is 0.326. The topological polar surface area (TPSA) is 110 Å². The number of nitrogens with zero attached hydrogens (tertiary/aromatic N) is 1. The predicted octanol–water partition coefficient (Wildman–Crippen LogP) is 5.31. The zero-order chi connectivity index (χ0) is 28.6. The van der Waals surface area contributed by atoms with Gasteiger partial charge in [-0.2, -0.15) is 0 Å². The highest BCUT2D eigenvalue weighted by Gasteiger charge is 2.31. The maximum atomic E-state index is 13.6. The number of ether oxygens (including phenoxy) is 3. The molecule has 1 heterocycles. The van der Waals surface area contributed by atoms with Gasteiger partial charge in [0.2, 0.25) is 11.7 Å². The van der Waals surface area contributed by atoms with Gasteiger partial charge in [-0.1, -0.05) is 47.7 Å². The molecule has 40 heavy (non-hydrogen) atoms. The van der Waals surface area contributed by atoms with Crippen molar-refractivity contribution >= 4 is 40.1 Å². The number of aliphatic imine (C=N–C) groups is 1. The number of aryl methyl sites for hydroxylation is 1. The third kappa shape index (κ3) is 6.76. The van der Waals surface area contributed by atoms with Gasteiger partial charge in [0, 0.05) is 17.1 Å². The molecule has 2 amide bonds. The van der Waals surface area contributed by atoms with Gasteiger partial charge in [0.1, 0.15) is 6.04 Å². The standard InChI is InChI=1S/C30H32N4O5S/c1-18-11-13-22(14-12-18)32-25(35)17-40-30-31-19(2)26(29(36)33-21-9-7-6-8-10-21)27(34-30)20-15-23(37-3)28(39-5)24(16-20)38-4/h6-16,27H,17H2,1-5H3,(H,31,34)(H,32,35)(H,33,36)/t27-/m1/s1. The zero-order valence-electron chi connectivity index (χ0n) is 23.0. The van der Waals surface area contributed by atoms with E-state index in [0.717, 1.165) is 11.3 Å². The van der Waals surface area contributed by atoms with Crippen LogP contribution in [-0.2, 0) is 9.59 Å². The van der Waals surface area contributed by atoms with Crippen LogP contribution in [0.2, 0.25) is 0 Å². The summed E-state index contributed by atoms with van der Waals surface area (Å²) >= 11 is 1.25. The molecular formula is C30H32N4O5S. The van der Waals surface area contributed by atoms with Crippen molar-refractivity contribution in [3.05, 3.63) is 89.1 Å². The van der Waals surface area contributed by atoms with Crippen molar-refractivity contribution in [3.8, 4) is 17.2 Å². The molecule has 0 fully saturated rings. The largest absolute Gasteiger partial charge is 0.493 e. The number of benzene rings is 3. The normalized spacial score (nSPS) is 14.5. The molecule has 0 bridgehead atoms. The zero-order valence-corrected chi connectivity index (χ0v) is 23.8. The molecule has 208 valence electrons. The number of hydrogen-bond donors (Lipinski definition) is 3. The molecule has 3 aromatic carbocycles. The molecule has 0 saturated carbocycles. The van der Waals surface area contributed by atoms with Gasteiger partial charge in [-0.05, 0) is 55.8 Å². The second kappa shape index (κ2) is 13.1. The number of thioether (sulfide) groups is 1. The van der Waals surface area contributed by atoms with E-state index in [1.54, 1.807) is 12.1 Å². The van der Waals surface area contributed by atoms with E-state index < -0.39 is 6.04 Å². The Kier molecular flexibility index (Phi) is 9.34. The Balaban J connectivity index is 1.64. The summed E-state index contributed by atoms with van der Waals surface area (Å²) in [5, 5.41) is 9.56. The minimum Gasteiger partial charge on any atom is -0.493 e. The molecule has 0 unspecified atom stereocenters. The Morgan fingerprint density at radius 1 is 0.875 bits per heavy atom. The number of amidine groups is 1. The summed E-state index contributed by atoms with van der Waals surface area (Å²) in [4.78, 5) is 31.1. The Morgan fingerprint density at radius 2 is 1.50 bits per heavy atom. The minimum absolute atomic E-state index is 0.126. The minimum atomic E-state index is -0.707. The molecule has 0 radical (unpaired) electrons. The van der Waals surface area contributed by atoms with E-state index in [9.17, 15) is 9.59 Å². The number of para-hydroxylation sites is 1. The van der Waals surface area contributed by atoms with Crippen LogP contribution in [0.5, 0.6) is 17.2 Å². The molecule has 10 heteroatoms. The van der Waals surface area contributed by atoms with Crippen molar-refractivity contribution in [1.29, 1.82) is 0 Å². The average molecular weight is 561 g/mol. The Morgan fingerprint density at radius 3 is 2.10 bits per heavy atom. The maximum Gasteiger partial charge on any atom is 0.255 e. The van der Waals surface area contributed by atoms with Crippen LogP contribution >= 0.6 is 11.8 Å². The van der Waals surface area contributed by atoms with Crippen molar-refractivity contribution in [3.63, 3.8) is 0 Å². The van der Waals surface area contributed by atoms with Gasteiger partial charge in [-0.25, -0.2) is 4.99 Å². The number of methoxy groups -OCH3 is 3. The second-order valence-electron chi connectivity index (χ2n) is 8.98. The summed E-state index contributed by atoms with van der Waals surface area (Å²) in [6, 6.07) is 19.6. The maximum absolute atomic E-state index is 13.6. The molecule has 0 aliphatic carbocycles. The van der Waals surface area contributed by atoms with Crippen molar-refractivity contribution < 1.29 is 23.8 Å². The first-order valence-corrected chi connectivity index (χ1v) is 13.5. The number of carbonyl (C=O) groups is 2. The van der Waals surface area contributed by atoms with Crippen molar-refractivity contribution in [2.75, 3.05) is 37.7 Å². The molecular weight excluding hydrogens is 528 g/mol. The number of nitrogens with one attached hydrogen (secondary N) is 3. The van der Waals surface area contributed by atoms with E-state index in [0.29, 0.717) is 44.9 Å². The number of hydrogen-bond acceptors (Lipinski definition) is 8. The lowest BCUT2D eigenvalue weighted by Crippen LogP contribution is -2.32. The van der Waals surface area contributed by atoms with E-state index in [-0.39, 0.29) is 17.6 Å². The fraction of sp³-hybridized carbons (Fsp3) is 0.233. The molecule has 9 nitrogen and oxygen atoms in total. The molecule has 3 aromatic rings. The van der Waals surface area contributed by atoms with Crippen LogP contribution in [0.4, 0.5) is 11.4 Å². The number of carbonyl (C=O) groups excluding carboxylic acids is 2. The molecule has 1 aliphatic heterocycles. The summed E-state index contributed by atoms with van der Waals surface area (Å²) in [5.74, 6) is 0.970. The highest BCUT2D eigenvalue weighted by Crippen LogP contribution is 2.43. The van der Waals surface area contributed by atoms with E-state index in [4.69, 9.17) is 19.2 Å². The Bertz CT molecular complexity index is 1410. The predicted molar refractivity (Wildman–Crippen MR) is 159 cm³/mol. The van der Waals surface area contributed by atoms with Gasteiger partial charge in [0.25, 0.3) is 5.91 Å². The van der Waals surface area contributed by atoms with Crippen molar-refractivity contribution in [2.45, 2.75) is 19.9 Å². The van der Waals surface area contributed by atoms with Gasteiger partial charge in [0.15, 0.2) is 16.7 Å². The van der Waals surface area contributed by atoms with Crippen LogP contribution in [0.3, 0.4) is 0 Å². The fourth-order valence-electron chi connectivity index (χ4n) is 4.20. The molecule has 4 rings (SSSR count). The van der Waals surface area contributed by atoms with Gasteiger partial charge < -0.3 is 30.2 Å². The first-order chi connectivity index (χ1) is 19.3. The summed E-state index contributed by atoms with van der Waals surface area (Å²) in [7, 11) is 4.59. The van der Waals surface area contributed by atoms with Gasteiger partial charge in [-0.3, -0.25) is 9.59 Å². The van der Waals surface area contributed by atoms with Crippen molar-refractivity contribution in [1.82, 2.24) is 5.32 Å². The summed E-state index contributed by atoms with van der Waals surface area (Å²) in [6.45, 7) is 3.80. The lowest BCUT2D eigenvalue weighted by atomic mass is 9.95. The average Bonchev–Trinajstić information content (AvgIpc) is 2.96. The van der Waals surface area contributed by atoms with Gasteiger partial charge >= 0.3 is 0 Å². The van der Waals surface area contributed by atoms with E-state index in [1.165, 1.54) is 33.1 Å². The third-order valence-electron chi connectivity index (χ3n) is 6.17. The fourth-order valence-corrected chi connectivity index (χ4v) is 4.95. The summed E-state index contributed by atoms with van der Waals surface area (Å²) in [5.41, 5.74) is 4.20. The number of allylic oxidation sites excluding steroid dienone is 1. The second-order valence-corrected chi connectivity index (χ2v) is 9.95. The van der Waals surface area contributed by atoms with Crippen molar-refractivity contribution in [2.24, 2.45) is 4.99 Å². The first kappa shape index (κ1) is 28.6. The smallest absolute Gasteiger partial charge is 0.255 e. The SMILES string of the molecule is COc1cc([C@H]2N=C(SCC(=O)Nc3ccc(C)cc3)NC(C)=C2C(=O)Nc2ccccc2)cc(OC)c1OC. The highest BCUT2D eigenvalue weighted by atomic mass is 32.2. The van der Waals surface area contributed by atoms with Crippen LogP contribution in [0, 0.1) is 6.92 Å². The number of amides is 2. The van der Waals surface area contributed by atoms with Gasteiger partial charge in [-0.15, -0.1) is 0 Å². The van der Waals surface area contributed by atoms with E-state index >= 15 is 0 Å². The van der Waals surface area contributed by atoms with E-state index in [2.05, 4.69) is 16.0 Å². The summed E-state index contributed by atoms with van der Waals surface area (Å²) < 4.78 is 16.6. The van der Waals surface area contributed by atoms with Crippen LogP contribution < -0.4 is 30.2 Å². The number of rotatable bonds is 9. The van der Waals surface area contributed by atoms with Crippen LogP contribution in [-0.4, -0.2) is 44.1 Å². The van der Waals surface area contributed by atoms with Crippen LogP contribution in [0.15, 0.2) is 83.0 Å². The molecule has 0 spiro atoms. The monoisotopic (exact) mass is 560 g/mol.